The Morgan fingerprint density at radius 1 is 1.65 bits per heavy atom. The van der Waals surface area contributed by atoms with E-state index in [2.05, 4.69) is 18.8 Å². The van der Waals surface area contributed by atoms with Crippen LogP contribution in [0.1, 0.15) is 19.8 Å². The van der Waals surface area contributed by atoms with E-state index in [0.717, 1.165) is 26.1 Å². The van der Waals surface area contributed by atoms with Crippen LogP contribution < -0.4 is 5.32 Å². The molecule has 0 saturated carbocycles. The highest BCUT2D eigenvalue weighted by Gasteiger charge is 2.21. The third-order valence-electron chi connectivity index (χ3n) is 2.74. The normalized spacial score (nSPS) is 19.6. The molecular weight excluding hydrogens is 240 g/mol. The maximum atomic E-state index is 11.9. The summed E-state index contributed by atoms with van der Waals surface area (Å²) in [4.78, 5) is 13.8. The molecule has 1 fully saturated rings. The van der Waals surface area contributed by atoms with E-state index in [1.165, 1.54) is 0 Å². The Kier molecular flexibility index (Phi) is 9.13. The van der Waals surface area contributed by atoms with E-state index in [0.29, 0.717) is 25.7 Å². The van der Waals surface area contributed by atoms with Crippen LogP contribution in [-0.4, -0.2) is 49.7 Å². The summed E-state index contributed by atoms with van der Waals surface area (Å²) in [6, 6.07) is 0.315. The fraction of sp³-hybridized carbons (Fsp3) is 0.750. The maximum Gasteiger partial charge on any atom is 0.222 e. The lowest BCUT2D eigenvalue weighted by Crippen LogP contribution is -2.52. The van der Waals surface area contributed by atoms with E-state index in [1.54, 1.807) is 6.08 Å². The second-order valence-corrected chi connectivity index (χ2v) is 4.11. The number of nitrogens with zero attached hydrogens (tertiary/aromatic N) is 1. The Hall–Kier alpha value is -0.580. The minimum absolute atomic E-state index is 0. The Morgan fingerprint density at radius 2 is 2.41 bits per heavy atom. The van der Waals surface area contributed by atoms with E-state index >= 15 is 0 Å². The van der Waals surface area contributed by atoms with Crippen molar-refractivity contribution in [2.75, 3.05) is 32.8 Å². The Labute approximate surface area is 110 Å². The van der Waals surface area contributed by atoms with Crippen LogP contribution in [0.25, 0.3) is 0 Å². The number of hydrogen-bond donors (Lipinski definition) is 1. The number of ether oxygens (including phenoxy) is 1. The van der Waals surface area contributed by atoms with Crippen LogP contribution in [-0.2, 0) is 9.53 Å². The van der Waals surface area contributed by atoms with Gasteiger partial charge in [0.25, 0.3) is 0 Å². The molecule has 0 aromatic heterocycles. The van der Waals surface area contributed by atoms with Crippen molar-refractivity contribution in [2.45, 2.75) is 25.8 Å². The van der Waals surface area contributed by atoms with Gasteiger partial charge in [-0.05, 0) is 13.3 Å². The standard InChI is InChI=1S/C12H22N2O2.ClH/c1-3-8-16-9-4-5-12(15)14-7-6-13-10-11(14)2;/h3,11,13H,1,4-10H2,2H3;1H. The third-order valence-corrected chi connectivity index (χ3v) is 2.74. The van der Waals surface area contributed by atoms with E-state index in [1.807, 2.05) is 4.90 Å². The first-order chi connectivity index (χ1) is 7.75. The zero-order valence-electron chi connectivity index (χ0n) is 10.5. The summed E-state index contributed by atoms with van der Waals surface area (Å²) in [7, 11) is 0. The fourth-order valence-corrected chi connectivity index (χ4v) is 1.85. The number of rotatable bonds is 6. The highest BCUT2D eigenvalue weighted by atomic mass is 35.5. The Balaban J connectivity index is 0.00000256. The molecule has 1 aliphatic rings. The van der Waals surface area contributed by atoms with Gasteiger partial charge in [-0.2, -0.15) is 0 Å². The van der Waals surface area contributed by atoms with Gasteiger partial charge in [0.05, 0.1) is 6.61 Å². The molecular formula is C12H23ClN2O2. The molecule has 5 heteroatoms. The van der Waals surface area contributed by atoms with Gasteiger partial charge in [-0.3, -0.25) is 4.79 Å². The topological polar surface area (TPSA) is 41.6 Å². The smallest absolute Gasteiger partial charge is 0.222 e. The number of nitrogens with one attached hydrogen (secondary N) is 1. The molecule has 4 nitrogen and oxygen atoms in total. The van der Waals surface area contributed by atoms with Crippen molar-refractivity contribution in [1.82, 2.24) is 10.2 Å². The number of hydrogen-bond acceptors (Lipinski definition) is 3. The number of amides is 1. The monoisotopic (exact) mass is 262 g/mol. The number of carbonyl (C=O) groups excluding carboxylic acids is 1. The van der Waals surface area contributed by atoms with Crippen LogP contribution in [0.15, 0.2) is 12.7 Å². The molecule has 0 aromatic carbocycles. The molecule has 0 aliphatic carbocycles. The first-order valence-corrected chi connectivity index (χ1v) is 5.94. The third kappa shape index (κ3) is 6.05. The van der Waals surface area contributed by atoms with Gasteiger partial charge in [0.15, 0.2) is 0 Å². The lowest BCUT2D eigenvalue weighted by molar-refractivity contribution is -0.134. The number of halogens is 1. The summed E-state index contributed by atoms with van der Waals surface area (Å²) >= 11 is 0. The van der Waals surface area contributed by atoms with Crippen molar-refractivity contribution in [3.8, 4) is 0 Å². The van der Waals surface area contributed by atoms with Gasteiger partial charge in [-0.1, -0.05) is 6.08 Å². The van der Waals surface area contributed by atoms with Gasteiger partial charge < -0.3 is 15.0 Å². The van der Waals surface area contributed by atoms with E-state index < -0.39 is 0 Å². The lowest BCUT2D eigenvalue weighted by Gasteiger charge is -2.34. The molecule has 0 bridgehead atoms. The summed E-state index contributed by atoms with van der Waals surface area (Å²) in [6.45, 7) is 9.49. The van der Waals surface area contributed by atoms with E-state index in [9.17, 15) is 4.79 Å². The summed E-state index contributed by atoms with van der Waals surface area (Å²) in [5, 5.41) is 3.27. The summed E-state index contributed by atoms with van der Waals surface area (Å²) in [6.07, 6.45) is 3.10. The van der Waals surface area contributed by atoms with Crippen molar-refractivity contribution in [3.63, 3.8) is 0 Å². The van der Waals surface area contributed by atoms with Gasteiger partial charge in [0.2, 0.25) is 5.91 Å². The molecule has 0 radical (unpaired) electrons. The van der Waals surface area contributed by atoms with Crippen LogP contribution in [0.3, 0.4) is 0 Å². The number of carbonyl (C=O) groups is 1. The van der Waals surface area contributed by atoms with Crippen molar-refractivity contribution in [3.05, 3.63) is 12.7 Å². The largest absolute Gasteiger partial charge is 0.377 e. The molecule has 100 valence electrons. The molecule has 1 N–H and O–H groups in total. The SMILES string of the molecule is C=CCOCCCC(=O)N1CCNCC1C.Cl. The average molecular weight is 263 g/mol. The Bertz CT molecular complexity index is 237. The molecule has 17 heavy (non-hydrogen) atoms. The summed E-state index contributed by atoms with van der Waals surface area (Å²) < 4.78 is 5.25. The molecule has 0 spiro atoms. The second-order valence-electron chi connectivity index (χ2n) is 4.11. The van der Waals surface area contributed by atoms with E-state index in [4.69, 9.17) is 4.74 Å². The highest BCUT2D eigenvalue weighted by Crippen LogP contribution is 2.06. The molecule has 1 saturated heterocycles. The zero-order valence-corrected chi connectivity index (χ0v) is 11.3. The lowest BCUT2D eigenvalue weighted by atomic mass is 10.2. The highest BCUT2D eigenvalue weighted by molar-refractivity contribution is 5.85. The van der Waals surface area contributed by atoms with Crippen molar-refractivity contribution in [1.29, 1.82) is 0 Å². The van der Waals surface area contributed by atoms with Gasteiger partial charge in [-0.25, -0.2) is 0 Å². The van der Waals surface area contributed by atoms with Crippen LogP contribution >= 0.6 is 12.4 Å². The van der Waals surface area contributed by atoms with Gasteiger partial charge in [-0.15, -0.1) is 19.0 Å². The maximum absolute atomic E-state index is 11.9. The van der Waals surface area contributed by atoms with E-state index in [-0.39, 0.29) is 18.3 Å². The van der Waals surface area contributed by atoms with Crippen LogP contribution in [0.5, 0.6) is 0 Å². The van der Waals surface area contributed by atoms with Crippen LogP contribution in [0.4, 0.5) is 0 Å². The predicted molar refractivity (Wildman–Crippen MR) is 71.5 cm³/mol. The van der Waals surface area contributed by atoms with Crippen LogP contribution in [0.2, 0.25) is 0 Å². The molecule has 1 unspecified atom stereocenters. The first-order valence-electron chi connectivity index (χ1n) is 5.94. The van der Waals surface area contributed by atoms with Gasteiger partial charge >= 0.3 is 0 Å². The number of piperazine rings is 1. The molecule has 1 rings (SSSR count). The zero-order chi connectivity index (χ0) is 11.8. The van der Waals surface area contributed by atoms with Crippen molar-refractivity contribution < 1.29 is 9.53 Å². The fourth-order valence-electron chi connectivity index (χ4n) is 1.85. The Morgan fingerprint density at radius 3 is 3.06 bits per heavy atom. The molecule has 1 amide bonds. The second kappa shape index (κ2) is 9.45. The molecule has 1 heterocycles. The average Bonchev–Trinajstić information content (AvgIpc) is 2.29. The molecule has 0 aromatic rings. The van der Waals surface area contributed by atoms with Gasteiger partial charge in [0, 0.05) is 38.7 Å². The first kappa shape index (κ1) is 16.4. The van der Waals surface area contributed by atoms with Crippen molar-refractivity contribution >= 4 is 18.3 Å². The summed E-state index contributed by atoms with van der Waals surface area (Å²) in [5.74, 6) is 0.246. The van der Waals surface area contributed by atoms with Crippen molar-refractivity contribution in [2.24, 2.45) is 0 Å². The minimum atomic E-state index is 0. The molecule has 1 aliphatic heterocycles. The predicted octanol–water partition coefficient (Wildman–Crippen LogP) is 1.21. The quantitative estimate of drug-likeness (QED) is 0.578. The summed E-state index contributed by atoms with van der Waals surface area (Å²) in [5.41, 5.74) is 0. The van der Waals surface area contributed by atoms with Crippen LogP contribution in [0, 0.1) is 0 Å². The minimum Gasteiger partial charge on any atom is -0.377 e. The van der Waals surface area contributed by atoms with Gasteiger partial charge in [0.1, 0.15) is 0 Å². The molecule has 1 atom stereocenters.